The van der Waals surface area contributed by atoms with Crippen LogP contribution < -0.4 is 11.5 Å². The Morgan fingerprint density at radius 3 is 0.884 bits per heavy atom. The van der Waals surface area contributed by atoms with Gasteiger partial charge in [-0.2, -0.15) is 0 Å². The van der Waals surface area contributed by atoms with Crippen LogP contribution in [-0.2, 0) is 0 Å². The first-order valence-electron chi connectivity index (χ1n) is 16.9. The van der Waals surface area contributed by atoms with Gasteiger partial charge in [0.15, 0.2) is 0 Å². The summed E-state index contributed by atoms with van der Waals surface area (Å²) >= 11 is 0. The van der Waals surface area contributed by atoms with Crippen molar-refractivity contribution < 1.29 is 0 Å². The van der Waals surface area contributed by atoms with Crippen LogP contribution in [-0.4, -0.2) is 0 Å². The molecule has 0 amide bonds. The second kappa shape index (κ2) is 16.9. The van der Waals surface area contributed by atoms with Gasteiger partial charge < -0.3 is 11.5 Å². The van der Waals surface area contributed by atoms with E-state index in [2.05, 4.69) is 93.6 Å². The molecule has 4 rings (SSSR count). The summed E-state index contributed by atoms with van der Waals surface area (Å²) in [5.41, 5.74) is 22.1. The lowest BCUT2D eigenvalue weighted by Crippen LogP contribution is -2.06. The summed E-state index contributed by atoms with van der Waals surface area (Å²) in [7, 11) is 0. The molecule has 0 aliphatic heterocycles. The van der Waals surface area contributed by atoms with Crippen LogP contribution in [0.1, 0.15) is 143 Å². The molecule has 0 aliphatic carbocycles. The van der Waals surface area contributed by atoms with Crippen molar-refractivity contribution >= 4 is 11.4 Å². The quantitative estimate of drug-likeness (QED) is 0.0973. The SMILES string of the molecule is CCCCCCC(c1ccc(C(CCCC)c2ccc(N)cc2)cc1)c1ccc(C(CCCC)c2ccc(N)cc2)cc1. The Kier molecular flexibility index (Phi) is 12.8. The average Bonchev–Trinajstić information content (AvgIpc) is 3.04. The van der Waals surface area contributed by atoms with Crippen LogP contribution >= 0.6 is 0 Å². The summed E-state index contributed by atoms with van der Waals surface area (Å²) in [5, 5.41) is 0. The molecule has 0 fully saturated rings. The van der Waals surface area contributed by atoms with E-state index >= 15 is 0 Å². The third kappa shape index (κ3) is 9.23. The Hall–Kier alpha value is -3.52. The van der Waals surface area contributed by atoms with E-state index in [-0.39, 0.29) is 0 Å². The first kappa shape index (κ1) is 32.4. The van der Waals surface area contributed by atoms with Crippen molar-refractivity contribution in [3.05, 3.63) is 130 Å². The highest BCUT2D eigenvalue weighted by molar-refractivity contribution is 5.45. The number of rotatable bonds is 17. The van der Waals surface area contributed by atoms with Gasteiger partial charge in [-0.15, -0.1) is 0 Å². The predicted octanol–water partition coefficient (Wildman–Crippen LogP) is 11.6. The lowest BCUT2D eigenvalue weighted by atomic mass is 9.82. The van der Waals surface area contributed by atoms with Gasteiger partial charge in [0.1, 0.15) is 0 Å². The van der Waals surface area contributed by atoms with Gasteiger partial charge in [0.05, 0.1) is 0 Å². The molecule has 0 heterocycles. The fraction of sp³-hybridized carbons (Fsp3) is 0.415. The maximum atomic E-state index is 6.01. The van der Waals surface area contributed by atoms with Crippen molar-refractivity contribution in [1.29, 1.82) is 0 Å². The molecule has 2 nitrogen and oxygen atoms in total. The van der Waals surface area contributed by atoms with Gasteiger partial charge in [0.25, 0.3) is 0 Å². The molecule has 0 radical (unpaired) electrons. The van der Waals surface area contributed by atoms with Crippen LogP contribution in [0.15, 0.2) is 97.1 Å². The number of hydrogen-bond donors (Lipinski definition) is 2. The molecule has 4 aromatic rings. The minimum atomic E-state index is 0.408. The molecule has 0 bridgehead atoms. The van der Waals surface area contributed by atoms with Gasteiger partial charge in [0.2, 0.25) is 0 Å². The van der Waals surface area contributed by atoms with Gasteiger partial charge in [-0.25, -0.2) is 0 Å². The van der Waals surface area contributed by atoms with Crippen LogP contribution in [0, 0.1) is 0 Å². The zero-order chi connectivity index (χ0) is 30.4. The highest BCUT2D eigenvalue weighted by Crippen LogP contribution is 2.36. The van der Waals surface area contributed by atoms with Crippen LogP contribution in [0.5, 0.6) is 0 Å². The summed E-state index contributed by atoms with van der Waals surface area (Å²) < 4.78 is 0. The third-order valence-corrected chi connectivity index (χ3v) is 9.20. The molecule has 43 heavy (non-hydrogen) atoms. The van der Waals surface area contributed by atoms with E-state index in [0.717, 1.165) is 24.2 Å². The monoisotopic (exact) mass is 574 g/mol. The van der Waals surface area contributed by atoms with Gasteiger partial charge >= 0.3 is 0 Å². The zero-order valence-corrected chi connectivity index (χ0v) is 26.9. The van der Waals surface area contributed by atoms with E-state index in [1.54, 1.807) is 0 Å². The Morgan fingerprint density at radius 1 is 0.349 bits per heavy atom. The summed E-state index contributed by atoms with van der Waals surface area (Å²) in [4.78, 5) is 0. The van der Waals surface area contributed by atoms with Crippen molar-refractivity contribution in [3.8, 4) is 0 Å². The maximum absolute atomic E-state index is 6.01. The first-order valence-corrected chi connectivity index (χ1v) is 16.9. The molecule has 2 atom stereocenters. The van der Waals surface area contributed by atoms with Crippen molar-refractivity contribution in [2.24, 2.45) is 0 Å². The van der Waals surface area contributed by atoms with Gasteiger partial charge in [-0.1, -0.05) is 145 Å². The number of nitrogen functional groups attached to an aromatic ring is 2. The number of anilines is 2. The average molecular weight is 575 g/mol. The fourth-order valence-corrected chi connectivity index (χ4v) is 6.55. The normalized spacial score (nSPS) is 13.5. The molecule has 0 saturated heterocycles. The van der Waals surface area contributed by atoms with Crippen molar-refractivity contribution in [3.63, 3.8) is 0 Å². The van der Waals surface area contributed by atoms with Crippen LogP contribution in [0.2, 0.25) is 0 Å². The standard InChI is InChI=1S/C41H54N2/c1-4-7-10-11-14-41(33-19-15-31(16-20-33)39(12-8-5-2)35-23-27-37(42)28-24-35)34-21-17-32(18-22-34)40(13-9-6-3)36-25-29-38(43)30-26-36/h15-30,39-41H,4-14,42-43H2,1-3H3. The minimum Gasteiger partial charge on any atom is -0.399 e. The summed E-state index contributed by atoms with van der Waals surface area (Å²) in [6.45, 7) is 6.85. The molecule has 0 spiro atoms. The maximum Gasteiger partial charge on any atom is 0.0314 e. The Labute approximate surface area is 261 Å². The van der Waals surface area contributed by atoms with E-state index in [9.17, 15) is 0 Å². The number of benzene rings is 4. The zero-order valence-electron chi connectivity index (χ0n) is 26.9. The summed E-state index contributed by atoms with van der Waals surface area (Å²) in [5.74, 6) is 1.23. The smallest absolute Gasteiger partial charge is 0.0314 e. The second-order valence-corrected chi connectivity index (χ2v) is 12.5. The minimum absolute atomic E-state index is 0.408. The molecule has 4 aromatic carbocycles. The van der Waals surface area contributed by atoms with Crippen LogP contribution in [0.4, 0.5) is 11.4 Å². The van der Waals surface area contributed by atoms with E-state index in [1.165, 1.54) is 91.2 Å². The first-order chi connectivity index (χ1) is 21.0. The lowest BCUT2D eigenvalue weighted by Gasteiger charge is -2.23. The lowest BCUT2D eigenvalue weighted by molar-refractivity contribution is 0.595. The largest absolute Gasteiger partial charge is 0.399 e. The van der Waals surface area contributed by atoms with Crippen LogP contribution in [0.25, 0.3) is 0 Å². The molecular formula is C41H54N2. The Balaban J connectivity index is 1.60. The van der Waals surface area contributed by atoms with E-state index in [4.69, 9.17) is 11.5 Å². The van der Waals surface area contributed by atoms with Gasteiger partial charge in [-0.3, -0.25) is 0 Å². The third-order valence-electron chi connectivity index (χ3n) is 9.20. The topological polar surface area (TPSA) is 52.0 Å². The van der Waals surface area contributed by atoms with Crippen molar-refractivity contribution in [1.82, 2.24) is 0 Å². The number of nitrogens with two attached hydrogens (primary N) is 2. The van der Waals surface area contributed by atoms with Crippen molar-refractivity contribution in [2.75, 3.05) is 11.5 Å². The molecule has 2 heteroatoms. The molecule has 0 aromatic heterocycles. The van der Waals surface area contributed by atoms with Crippen LogP contribution in [0.3, 0.4) is 0 Å². The molecule has 4 N–H and O–H groups in total. The Morgan fingerprint density at radius 2 is 0.605 bits per heavy atom. The molecule has 2 unspecified atom stereocenters. The highest BCUT2D eigenvalue weighted by atomic mass is 14.5. The van der Waals surface area contributed by atoms with E-state index in [1.807, 2.05) is 24.3 Å². The second-order valence-electron chi connectivity index (χ2n) is 12.5. The van der Waals surface area contributed by atoms with Crippen molar-refractivity contribution in [2.45, 2.75) is 109 Å². The Bertz CT molecular complexity index is 1220. The highest BCUT2D eigenvalue weighted by Gasteiger charge is 2.19. The summed E-state index contributed by atoms with van der Waals surface area (Å²) in [6, 6.07) is 36.2. The van der Waals surface area contributed by atoms with E-state index < -0.39 is 0 Å². The van der Waals surface area contributed by atoms with Gasteiger partial charge in [-0.05, 0) is 76.9 Å². The fourth-order valence-electron chi connectivity index (χ4n) is 6.55. The van der Waals surface area contributed by atoms with Gasteiger partial charge in [0, 0.05) is 29.1 Å². The summed E-state index contributed by atoms with van der Waals surface area (Å²) in [6.07, 6.45) is 13.5. The molecule has 228 valence electrons. The number of hydrogen-bond acceptors (Lipinski definition) is 2. The number of unbranched alkanes of at least 4 members (excludes halogenated alkanes) is 5. The molecule has 0 saturated carbocycles. The van der Waals surface area contributed by atoms with E-state index in [0.29, 0.717) is 17.8 Å². The molecule has 0 aliphatic rings. The molecular weight excluding hydrogens is 520 g/mol. The predicted molar refractivity (Wildman–Crippen MR) is 188 cm³/mol.